The number of hydrogen-bond donors (Lipinski definition) is 0. The normalized spacial score (nSPS) is 15.6. The molecule has 2 aliphatic heterocycles. The second-order valence-electron chi connectivity index (χ2n) is 8.07. The number of piperazine rings is 1. The molecule has 0 unspecified atom stereocenters. The lowest BCUT2D eigenvalue weighted by Crippen LogP contribution is -2.57. The van der Waals surface area contributed by atoms with Gasteiger partial charge in [0.2, 0.25) is 12.7 Å². The molecule has 2 aliphatic rings. The van der Waals surface area contributed by atoms with Gasteiger partial charge in [0.05, 0.1) is 12.3 Å². The van der Waals surface area contributed by atoms with Gasteiger partial charge in [-0.1, -0.05) is 0 Å². The Labute approximate surface area is 185 Å². The van der Waals surface area contributed by atoms with Crippen molar-refractivity contribution in [3.8, 4) is 22.8 Å². The van der Waals surface area contributed by atoms with Crippen molar-refractivity contribution in [1.82, 2.24) is 19.6 Å². The fourth-order valence-corrected chi connectivity index (χ4v) is 3.81. The zero-order valence-corrected chi connectivity index (χ0v) is 18.4. The predicted molar refractivity (Wildman–Crippen MR) is 115 cm³/mol. The van der Waals surface area contributed by atoms with E-state index in [0.717, 1.165) is 5.56 Å². The van der Waals surface area contributed by atoms with Crippen molar-refractivity contribution in [2.24, 2.45) is 0 Å². The standard InChI is InChI=1S/C22H26N4O6/c1-4-30-21(29)25-11-9-24(10-12-25)20(28)22(2,3)26-19(27)8-6-16(23-26)15-5-7-17-18(13-15)32-14-31-17/h5-8,13H,4,9-12,14H2,1-3H3. The molecule has 2 amide bonds. The summed E-state index contributed by atoms with van der Waals surface area (Å²) in [7, 11) is 0. The van der Waals surface area contributed by atoms with Crippen LogP contribution < -0.4 is 15.0 Å². The Balaban J connectivity index is 1.55. The van der Waals surface area contributed by atoms with E-state index in [1.807, 2.05) is 6.07 Å². The highest BCUT2D eigenvalue weighted by Gasteiger charge is 2.37. The summed E-state index contributed by atoms with van der Waals surface area (Å²) in [6, 6.07) is 8.43. The lowest BCUT2D eigenvalue weighted by molar-refractivity contribution is -0.141. The van der Waals surface area contributed by atoms with E-state index >= 15 is 0 Å². The Kier molecular flexibility index (Phi) is 5.77. The Morgan fingerprint density at radius 3 is 2.44 bits per heavy atom. The average Bonchev–Trinajstić information content (AvgIpc) is 3.27. The summed E-state index contributed by atoms with van der Waals surface area (Å²) < 4.78 is 17.0. The molecule has 1 aromatic heterocycles. The molecule has 0 radical (unpaired) electrons. The van der Waals surface area contributed by atoms with Crippen LogP contribution in [-0.2, 0) is 15.1 Å². The molecule has 0 N–H and O–H groups in total. The number of ether oxygens (including phenoxy) is 3. The topological polar surface area (TPSA) is 103 Å². The molecular formula is C22H26N4O6. The number of hydrogen-bond acceptors (Lipinski definition) is 7. The number of fused-ring (bicyclic) bond motifs is 1. The molecule has 2 aromatic rings. The van der Waals surface area contributed by atoms with Gasteiger partial charge < -0.3 is 24.0 Å². The molecule has 1 saturated heterocycles. The molecule has 1 fully saturated rings. The van der Waals surface area contributed by atoms with Crippen LogP contribution in [0.1, 0.15) is 20.8 Å². The molecular weight excluding hydrogens is 416 g/mol. The van der Waals surface area contributed by atoms with Crippen LogP contribution in [0.5, 0.6) is 11.5 Å². The molecule has 170 valence electrons. The summed E-state index contributed by atoms with van der Waals surface area (Å²) in [5, 5.41) is 4.50. The molecule has 0 bridgehead atoms. The molecule has 4 rings (SSSR count). The van der Waals surface area contributed by atoms with Crippen LogP contribution in [0.2, 0.25) is 0 Å². The third-order valence-corrected chi connectivity index (χ3v) is 5.61. The summed E-state index contributed by atoms with van der Waals surface area (Å²) >= 11 is 0. The van der Waals surface area contributed by atoms with Gasteiger partial charge in [-0.3, -0.25) is 9.59 Å². The third kappa shape index (κ3) is 4.00. The lowest BCUT2D eigenvalue weighted by Gasteiger charge is -2.38. The molecule has 1 aromatic carbocycles. The van der Waals surface area contributed by atoms with E-state index in [-0.39, 0.29) is 24.4 Å². The van der Waals surface area contributed by atoms with Crippen molar-refractivity contribution >= 4 is 12.0 Å². The monoisotopic (exact) mass is 442 g/mol. The largest absolute Gasteiger partial charge is 0.454 e. The van der Waals surface area contributed by atoms with Crippen molar-refractivity contribution in [2.75, 3.05) is 39.6 Å². The van der Waals surface area contributed by atoms with Crippen LogP contribution in [-0.4, -0.2) is 71.2 Å². The average molecular weight is 442 g/mol. The van der Waals surface area contributed by atoms with Crippen LogP contribution in [0.15, 0.2) is 35.1 Å². The van der Waals surface area contributed by atoms with Gasteiger partial charge in [0.1, 0.15) is 5.54 Å². The second kappa shape index (κ2) is 8.52. The number of rotatable bonds is 4. The SMILES string of the molecule is CCOC(=O)N1CCN(C(=O)C(C)(C)n2nc(-c3ccc4c(c3)OCO4)ccc2=O)CC1. The van der Waals surface area contributed by atoms with E-state index in [0.29, 0.717) is 50.0 Å². The minimum absolute atomic E-state index is 0.163. The van der Waals surface area contributed by atoms with Crippen molar-refractivity contribution in [1.29, 1.82) is 0 Å². The Morgan fingerprint density at radius 1 is 1.03 bits per heavy atom. The fraction of sp³-hybridized carbons (Fsp3) is 0.455. The van der Waals surface area contributed by atoms with Crippen LogP contribution in [0.4, 0.5) is 4.79 Å². The van der Waals surface area contributed by atoms with E-state index in [4.69, 9.17) is 14.2 Å². The molecule has 0 atom stereocenters. The molecule has 32 heavy (non-hydrogen) atoms. The number of carbonyl (C=O) groups excluding carboxylic acids is 2. The highest BCUT2D eigenvalue weighted by molar-refractivity contribution is 5.84. The Bertz CT molecular complexity index is 1090. The highest BCUT2D eigenvalue weighted by atomic mass is 16.7. The first kappa shape index (κ1) is 21.7. The van der Waals surface area contributed by atoms with Gasteiger partial charge in [-0.05, 0) is 45.0 Å². The molecule has 0 aliphatic carbocycles. The first-order chi connectivity index (χ1) is 15.3. The van der Waals surface area contributed by atoms with Gasteiger partial charge in [0.15, 0.2) is 11.5 Å². The van der Waals surface area contributed by atoms with Crippen molar-refractivity contribution in [3.05, 3.63) is 40.7 Å². The van der Waals surface area contributed by atoms with Gasteiger partial charge in [-0.2, -0.15) is 5.10 Å². The number of carbonyl (C=O) groups is 2. The molecule has 0 spiro atoms. The van der Waals surface area contributed by atoms with Crippen LogP contribution in [0.25, 0.3) is 11.3 Å². The van der Waals surface area contributed by atoms with Gasteiger partial charge in [0, 0.05) is 37.8 Å². The van der Waals surface area contributed by atoms with Gasteiger partial charge in [-0.15, -0.1) is 0 Å². The van der Waals surface area contributed by atoms with Crippen molar-refractivity contribution in [3.63, 3.8) is 0 Å². The predicted octanol–water partition coefficient (Wildman–Crippen LogP) is 1.67. The smallest absolute Gasteiger partial charge is 0.409 e. The first-order valence-electron chi connectivity index (χ1n) is 10.5. The summed E-state index contributed by atoms with van der Waals surface area (Å²) in [5.74, 6) is 1.02. The maximum atomic E-state index is 13.3. The number of aromatic nitrogens is 2. The molecule has 0 saturated carbocycles. The van der Waals surface area contributed by atoms with Crippen molar-refractivity contribution < 1.29 is 23.8 Å². The number of amides is 2. The third-order valence-electron chi connectivity index (χ3n) is 5.61. The van der Waals surface area contributed by atoms with Gasteiger partial charge in [-0.25, -0.2) is 9.48 Å². The zero-order chi connectivity index (χ0) is 22.9. The summed E-state index contributed by atoms with van der Waals surface area (Å²) in [6.07, 6.45) is -0.381. The number of benzene rings is 1. The van der Waals surface area contributed by atoms with Crippen LogP contribution in [0, 0.1) is 0 Å². The quantitative estimate of drug-likeness (QED) is 0.710. The number of nitrogens with zero attached hydrogens (tertiary/aromatic N) is 4. The fourth-order valence-electron chi connectivity index (χ4n) is 3.81. The minimum atomic E-state index is -1.21. The zero-order valence-electron chi connectivity index (χ0n) is 18.4. The minimum Gasteiger partial charge on any atom is -0.454 e. The van der Waals surface area contributed by atoms with Crippen molar-refractivity contribution in [2.45, 2.75) is 26.3 Å². The summed E-state index contributed by atoms with van der Waals surface area (Å²) in [6.45, 7) is 7.03. The van der Waals surface area contributed by atoms with E-state index in [2.05, 4.69) is 5.10 Å². The summed E-state index contributed by atoms with van der Waals surface area (Å²) in [5.41, 5.74) is -0.307. The maximum absolute atomic E-state index is 13.3. The summed E-state index contributed by atoms with van der Waals surface area (Å²) in [4.78, 5) is 41.1. The second-order valence-corrected chi connectivity index (χ2v) is 8.07. The van der Waals surface area contributed by atoms with E-state index < -0.39 is 5.54 Å². The lowest BCUT2D eigenvalue weighted by atomic mass is 10.0. The van der Waals surface area contributed by atoms with E-state index in [1.54, 1.807) is 48.8 Å². The maximum Gasteiger partial charge on any atom is 0.409 e. The van der Waals surface area contributed by atoms with E-state index in [1.165, 1.54) is 10.7 Å². The molecule has 10 nitrogen and oxygen atoms in total. The van der Waals surface area contributed by atoms with Crippen LogP contribution >= 0.6 is 0 Å². The molecule has 10 heteroatoms. The Hall–Kier alpha value is -3.56. The van der Waals surface area contributed by atoms with Gasteiger partial charge >= 0.3 is 6.09 Å². The molecule has 3 heterocycles. The highest BCUT2D eigenvalue weighted by Crippen LogP contribution is 2.35. The first-order valence-corrected chi connectivity index (χ1v) is 10.5. The van der Waals surface area contributed by atoms with Gasteiger partial charge in [0.25, 0.3) is 5.56 Å². The Morgan fingerprint density at radius 2 is 1.72 bits per heavy atom. The van der Waals surface area contributed by atoms with Crippen LogP contribution in [0.3, 0.4) is 0 Å². The van der Waals surface area contributed by atoms with E-state index in [9.17, 15) is 14.4 Å².